The Bertz CT molecular complexity index is 883. The summed E-state index contributed by atoms with van der Waals surface area (Å²) >= 11 is 4.50. The average Bonchev–Trinajstić information content (AvgIpc) is 3.24. The normalized spacial score (nSPS) is 19.6. The Morgan fingerprint density at radius 3 is 2.79 bits per heavy atom. The zero-order valence-corrected chi connectivity index (χ0v) is 18.2. The van der Waals surface area contributed by atoms with Gasteiger partial charge in [0.2, 0.25) is 0 Å². The second-order valence-corrected chi connectivity index (χ2v) is 8.24. The summed E-state index contributed by atoms with van der Waals surface area (Å²) in [4.78, 5) is 37.7. The summed E-state index contributed by atoms with van der Waals surface area (Å²) in [5.41, 5.74) is 1.38. The lowest BCUT2D eigenvalue weighted by Crippen LogP contribution is -2.55. The number of hydrogen-bond donors (Lipinski definition) is 3. The van der Waals surface area contributed by atoms with Gasteiger partial charge in [0.15, 0.2) is 11.0 Å². The van der Waals surface area contributed by atoms with Gasteiger partial charge in [-0.2, -0.15) is 0 Å². The van der Waals surface area contributed by atoms with Gasteiger partial charge in [-0.1, -0.05) is 18.3 Å². The molecule has 0 spiro atoms. The standard InChI is InChI=1S/C17H22BrN5O4S/c1-4-9-13(18)22-14(20-9)15(24)21-10-5-6-23(7-11(10)27-3)17-19-8(2)12(28-17)16(25)26/h10-11H,4-7H2,1-3H3,(H,20,22)(H,21,24)(H,25,26). The van der Waals surface area contributed by atoms with Crippen LogP contribution in [0.1, 0.15) is 45.0 Å². The number of carboxylic acids is 1. The number of aromatic carboxylic acids is 1. The first-order chi connectivity index (χ1) is 13.3. The minimum Gasteiger partial charge on any atom is -0.477 e. The molecule has 2 unspecified atom stereocenters. The maximum absolute atomic E-state index is 12.6. The van der Waals surface area contributed by atoms with Gasteiger partial charge in [0.25, 0.3) is 5.91 Å². The van der Waals surface area contributed by atoms with Gasteiger partial charge < -0.3 is 25.0 Å². The molecule has 0 aliphatic carbocycles. The number of imidazole rings is 1. The van der Waals surface area contributed by atoms with E-state index in [2.05, 4.69) is 36.2 Å². The predicted molar refractivity (Wildman–Crippen MR) is 108 cm³/mol. The van der Waals surface area contributed by atoms with E-state index in [1.807, 2.05) is 11.8 Å². The molecular formula is C17H22BrN5O4S. The number of carboxylic acid groups (broad SMARTS) is 1. The van der Waals surface area contributed by atoms with E-state index in [-0.39, 0.29) is 28.8 Å². The fraction of sp³-hybridized carbons (Fsp3) is 0.529. The number of aromatic nitrogens is 3. The van der Waals surface area contributed by atoms with E-state index < -0.39 is 5.97 Å². The lowest BCUT2D eigenvalue weighted by atomic mass is 10.0. The van der Waals surface area contributed by atoms with Crippen LogP contribution in [0.25, 0.3) is 0 Å². The largest absolute Gasteiger partial charge is 0.477 e. The molecule has 1 fully saturated rings. The summed E-state index contributed by atoms with van der Waals surface area (Å²) in [6, 6.07) is -0.178. The molecule has 2 aromatic rings. The molecule has 2 atom stereocenters. The van der Waals surface area contributed by atoms with Crippen LogP contribution in [0.2, 0.25) is 0 Å². The number of H-pyrrole nitrogens is 1. The van der Waals surface area contributed by atoms with Crippen LogP contribution >= 0.6 is 27.3 Å². The third kappa shape index (κ3) is 4.20. The summed E-state index contributed by atoms with van der Waals surface area (Å²) in [5, 5.41) is 12.9. The van der Waals surface area contributed by atoms with E-state index in [4.69, 9.17) is 4.74 Å². The number of thiazole rings is 1. The Morgan fingerprint density at radius 2 is 2.21 bits per heavy atom. The first kappa shape index (κ1) is 20.7. The van der Waals surface area contributed by atoms with E-state index in [9.17, 15) is 14.7 Å². The number of amides is 1. The minimum atomic E-state index is -0.970. The molecule has 1 aliphatic heterocycles. The third-order valence-electron chi connectivity index (χ3n) is 4.73. The van der Waals surface area contributed by atoms with Crippen LogP contribution < -0.4 is 10.2 Å². The van der Waals surface area contributed by atoms with Gasteiger partial charge in [0.1, 0.15) is 9.48 Å². The molecule has 0 saturated carbocycles. The van der Waals surface area contributed by atoms with Crippen molar-refractivity contribution < 1.29 is 19.4 Å². The van der Waals surface area contributed by atoms with Gasteiger partial charge in [-0.3, -0.25) is 4.79 Å². The number of nitrogens with one attached hydrogen (secondary N) is 2. The minimum absolute atomic E-state index is 0.178. The molecule has 0 aromatic carbocycles. The monoisotopic (exact) mass is 471 g/mol. The quantitative estimate of drug-likeness (QED) is 0.590. The van der Waals surface area contributed by atoms with E-state index in [1.54, 1.807) is 14.0 Å². The number of halogens is 1. The van der Waals surface area contributed by atoms with Crippen LogP contribution in [0.15, 0.2) is 4.60 Å². The summed E-state index contributed by atoms with van der Waals surface area (Å²) in [6.45, 7) is 4.82. The Labute approximate surface area is 174 Å². The summed E-state index contributed by atoms with van der Waals surface area (Å²) in [7, 11) is 1.60. The molecule has 1 aliphatic rings. The van der Waals surface area contributed by atoms with E-state index in [1.165, 1.54) is 0 Å². The Balaban J connectivity index is 1.68. The van der Waals surface area contributed by atoms with Crippen molar-refractivity contribution in [2.24, 2.45) is 0 Å². The number of methoxy groups -OCH3 is 1. The number of anilines is 1. The first-order valence-electron chi connectivity index (χ1n) is 8.87. The fourth-order valence-electron chi connectivity index (χ4n) is 3.18. The summed E-state index contributed by atoms with van der Waals surface area (Å²) in [6.07, 6.45) is 1.14. The number of nitrogens with zero attached hydrogens (tertiary/aromatic N) is 3. The molecule has 0 bridgehead atoms. The summed E-state index contributed by atoms with van der Waals surface area (Å²) in [5.74, 6) is -0.982. The lowest BCUT2D eigenvalue weighted by Gasteiger charge is -2.37. The maximum atomic E-state index is 12.6. The average molecular weight is 472 g/mol. The smallest absolute Gasteiger partial charge is 0.347 e. The molecule has 9 nitrogen and oxygen atoms in total. The van der Waals surface area contributed by atoms with Gasteiger partial charge in [-0.15, -0.1) is 0 Å². The van der Waals surface area contributed by atoms with Crippen molar-refractivity contribution in [3.8, 4) is 0 Å². The molecule has 3 rings (SSSR count). The van der Waals surface area contributed by atoms with E-state index in [0.29, 0.717) is 34.9 Å². The Morgan fingerprint density at radius 1 is 1.46 bits per heavy atom. The lowest BCUT2D eigenvalue weighted by molar-refractivity contribution is 0.0538. The van der Waals surface area contributed by atoms with Crippen LogP contribution in [-0.4, -0.2) is 64.3 Å². The highest BCUT2D eigenvalue weighted by Crippen LogP contribution is 2.29. The van der Waals surface area contributed by atoms with Crippen LogP contribution in [0.3, 0.4) is 0 Å². The first-order valence-corrected chi connectivity index (χ1v) is 10.5. The molecule has 11 heteroatoms. The number of aryl methyl sites for hydroxylation is 2. The van der Waals surface area contributed by atoms with Gasteiger partial charge in [-0.25, -0.2) is 14.8 Å². The van der Waals surface area contributed by atoms with Crippen molar-refractivity contribution in [2.45, 2.75) is 38.8 Å². The van der Waals surface area contributed by atoms with Crippen molar-refractivity contribution in [1.82, 2.24) is 20.3 Å². The zero-order chi connectivity index (χ0) is 20.4. The van der Waals surface area contributed by atoms with Crippen LogP contribution in [0, 0.1) is 6.92 Å². The molecule has 3 N–H and O–H groups in total. The molecule has 1 saturated heterocycles. The highest BCUT2D eigenvalue weighted by molar-refractivity contribution is 9.10. The molecule has 2 aromatic heterocycles. The number of ether oxygens (including phenoxy) is 1. The Hall–Kier alpha value is -1.98. The van der Waals surface area contributed by atoms with Crippen LogP contribution in [0.4, 0.5) is 5.13 Å². The van der Waals surface area contributed by atoms with Crippen molar-refractivity contribution in [1.29, 1.82) is 0 Å². The van der Waals surface area contributed by atoms with Crippen LogP contribution in [-0.2, 0) is 11.2 Å². The van der Waals surface area contributed by atoms with Gasteiger partial charge in [0, 0.05) is 25.9 Å². The molecule has 152 valence electrons. The molecule has 3 heterocycles. The molecule has 0 radical (unpaired) electrons. The zero-order valence-electron chi connectivity index (χ0n) is 15.8. The number of hydrogen-bond acceptors (Lipinski definition) is 7. The van der Waals surface area contributed by atoms with Gasteiger partial charge >= 0.3 is 5.97 Å². The van der Waals surface area contributed by atoms with E-state index in [0.717, 1.165) is 23.5 Å². The number of carbonyl (C=O) groups excluding carboxylic acids is 1. The molecule has 1 amide bonds. The number of carbonyl (C=O) groups is 2. The number of piperidine rings is 1. The van der Waals surface area contributed by atoms with Crippen molar-refractivity contribution >= 4 is 44.3 Å². The highest BCUT2D eigenvalue weighted by Gasteiger charge is 2.33. The molecule has 28 heavy (non-hydrogen) atoms. The van der Waals surface area contributed by atoms with E-state index >= 15 is 0 Å². The van der Waals surface area contributed by atoms with Crippen molar-refractivity contribution in [3.63, 3.8) is 0 Å². The summed E-state index contributed by atoms with van der Waals surface area (Å²) < 4.78 is 6.24. The van der Waals surface area contributed by atoms with Gasteiger partial charge in [0.05, 0.1) is 17.8 Å². The van der Waals surface area contributed by atoms with Crippen LogP contribution in [0.5, 0.6) is 0 Å². The maximum Gasteiger partial charge on any atom is 0.347 e. The van der Waals surface area contributed by atoms with Crippen molar-refractivity contribution in [2.75, 3.05) is 25.1 Å². The van der Waals surface area contributed by atoms with Crippen molar-refractivity contribution in [3.05, 3.63) is 26.7 Å². The number of rotatable bonds is 6. The predicted octanol–water partition coefficient (Wildman–Crippen LogP) is 2.22. The third-order valence-corrected chi connectivity index (χ3v) is 6.59. The topological polar surface area (TPSA) is 120 Å². The number of aromatic amines is 1. The SMILES string of the molecule is CCc1[nH]c(C(=O)NC2CCN(c3nc(C)c(C(=O)O)s3)CC2OC)nc1Br. The second kappa shape index (κ2) is 8.58. The second-order valence-electron chi connectivity index (χ2n) is 6.51. The Kier molecular flexibility index (Phi) is 6.36. The highest BCUT2D eigenvalue weighted by atomic mass is 79.9. The van der Waals surface area contributed by atoms with Gasteiger partial charge in [-0.05, 0) is 35.7 Å². The fourth-order valence-corrected chi connectivity index (χ4v) is 4.67. The molecular weight excluding hydrogens is 450 g/mol.